The van der Waals surface area contributed by atoms with Crippen molar-refractivity contribution in [1.29, 1.82) is 0 Å². The van der Waals surface area contributed by atoms with Gasteiger partial charge in [0.25, 0.3) is 0 Å². The second-order valence-corrected chi connectivity index (χ2v) is 8.87. The van der Waals surface area contributed by atoms with Crippen LogP contribution in [-0.4, -0.2) is 10.7 Å². The molecule has 1 aromatic rings. The van der Waals surface area contributed by atoms with E-state index in [2.05, 4.69) is 33.8 Å². The second-order valence-electron chi connectivity index (χ2n) is 8.87. The zero-order valence-electron chi connectivity index (χ0n) is 15.0. The van der Waals surface area contributed by atoms with Crippen LogP contribution in [0.15, 0.2) is 12.1 Å². The van der Waals surface area contributed by atoms with Crippen LogP contribution in [0.1, 0.15) is 76.8 Å². The Morgan fingerprint density at radius 2 is 2.00 bits per heavy atom. The van der Waals surface area contributed by atoms with Gasteiger partial charge in [0.2, 0.25) is 0 Å². The van der Waals surface area contributed by atoms with Gasteiger partial charge in [-0.3, -0.25) is 0 Å². The van der Waals surface area contributed by atoms with E-state index < -0.39 is 0 Å². The number of ether oxygens (including phenoxy) is 1. The number of unbranched alkanes of at least 4 members (excludes halogenated alkanes) is 2. The Morgan fingerprint density at radius 1 is 1.22 bits per heavy atom. The number of phenols is 1. The highest BCUT2D eigenvalue weighted by atomic mass is 16.5. The molecule has 2 saturated carbocycles. The molecule has 3 aliphatic rings. The van der Waals surface area contributed by atoms with Gasteiger partial charge < -0.3 is 9.84 Å². The van der Waals surface area contributed by atoms with Gasteiger partial charge in [-0.2, -0.15) is 0 Å². The predicted molar refractivity (Wildman–Crippen MR) is 93.1 cm³/mol. The molecule has 1 heterocycles. The van der Waals surface area contributed by atoms with Crippen LogP contribution < -0.4 is 4.74 Å². The first-order valence-corrected chi connectivity index (χ1v) is 9.43. The summed E-state index contributed by atoms with van der Waals surface area (Å²) in [5.74, 6) is 3.22. The molecule has 126 valence electrons. The first kappa shape index (κ1) is 15.4. The minimum atomic E-state index is -0.0215. The summed E-state index contributed by atoms with van der Waals surface area (Å²) in [4.78, 5) is 0. The van der Waals surface area contributed by atoms with Crippen molar-refractivity contribution in [2.24, 2.45) is 17.3 Å². The zero-order valence-corrected chi connectivity index (χ0v) is 15.0. The number of benzene rings is 1. The smallest absolute Gasteiger partial charge is 0.127 e. The summed E-state index contributed by atoms with van der Waals surface area (Å²) in [6, 6.07) is 4.22. The van der Waals surface area contributed by atoms with Gasteiger partial charge in [0.15, 0.2) is 0 Å². The first-order valence-electron chi connectivity index (χ1n) is 9.43. The molecular formula is C21H30O2. The summed E-state index contributed by atoms with van der Waals surface area (Å²) >= 11 is 0. The van der Waals surface area contributed by atoms with Gasteiger partial charge in [0.05, 0.1) is 0 Å². The van der Waals surface area contributed by atoms with Gasteiger partial charge in [0, 0.05) is 17.4 Å². The third-order valence-electron chi connectivity index (χ3n) is 7.11. The van der Waals surface area contributed by atoms with Gasteiger partial charge in [-0.05, 0) is 61.6 Å². The van der Waals surface area contributed by atoms with Crippen molar-refractivity contribution >= 4 is 0 Å². The first-order chi connectivity index (χ1) is 10.9. The number of phenolic OH excluding ortho intramolecular Hbond substituents is 1. The molecule has 1 unspecified atom stereocenters. The van der Waals surface area contributed by atoms with Crippen LogP contribution in [0.4, 0.5) is 0 Å². The Labute approximate surface area is 140 Å². The van der Waals surface area contributed by atoms with Crippen LogP contribution in [0.2, 0.25) is 0 Å². The molecule has 2 aliphatic carbocycles. The fourth-order valence-corrected chi connectivity index (χ4v) is 5.92. The molecule has 0 saturated heterocycles. The molecule has 4 rings (SSSR count). The van der Waals surface area contributed by atoms with Crippen LogP contribution >= 0.6 is 0 Å². The van der Waals surface area contributed by atoms with Crippen LogP contribution in [0.5, 0.6) is 11.5 Å². The van der Waals surface area contributed by atoms with Crippen LogP contribution in [0.3, 0.4) is 0 Å². The number of hydrogen-bond donors (Lipinski definition) is 1. The number of rotatable bonds is 4. The maximum Gasteiger partial charge on any atom is 0.127 e. The van der Waals surface area contributed by atoms with Gasteiger partial charge >= 0.3 is 0 Å². The van der Waals surface area contributed by atoms with E-state index in [0.29, 0.717) is 17.6 Å². The molecule has 0 spiro atoms. The minimum absolute atomic E-state index is 0.0215. The summed E-state index contributed by atoms with van der Waals surface area (Å²) in [5.41, 5.74) is 2.58. The van der Waals surface area contributed by atoms with Crippen molar-refractivity contribution in [2.45, 2.75) is 77.7 Å². The summed E-state index contributed by atoms with van der Waals surface area (Å²) in [7, 11) is 0. The standard InChI is InChI=1S/C21H30O2/c1-5-6-7-8-13-11-15(22)17-16(12-13)23-21(4)10-9-14-18(21)19(17)20(14,2)3/h11-12,14,18-19,22H,5-10H2,1-4H3/t14?,18-,19+,21+/m0/s1. The van der Waals surface area contributed by atoms with Crippen molar-refractivity contribution in [3.8, 4) is 11.5 Å². The van der Waals surface area contributed by atoms with E-state index in [1.807, 2.05) is 6.07 Å². The number of hydrogen-bond acceptors (Lipinski definition) is 2. The molecule has 0 amide bonds. The predicted octanol–water partition coefficient (Wildman–Crippen LogP) is 5.43. The second kappa shape index (κ2) is 4.91. The number of aromatic hydroxyl groups is 1. The third kappa shape index (κ3) is 1.99. The summed E-state index contributed by atoms with van der Waals surface area (Å²) < 4.78 is 6.51. The minimum Gasteiger partial charge on any atom is -0.508 e. The monoisotopic (exact) mass is 314 g/mol. The molecule has 0 aromatic heterocycles. The quantitative estimate of drug-likeness (QED) is 0.751. The third-order valence-corrected chi connectivity index (χ3v) is 7.11. The van der Waals surface area contributed by atoms with E-state index in [1.165, 1.54) is 31.2 Å². The Kier molecular flexibility index (Phi) is 3.28. The largest absolute Gasteiger partial charge is 0.508 e. The molecule has 2 heteroatoms. The normalized spacial score (nSPS) is 35.9. The van der Waals surface area contributed by atoms with Gasteiger partial charge in [-0.25, -0.2) is 0 Å². The average molecular weight is 314 g/mol. The molecule has 4 atom stereocenters. The lowest BCUT2D eigenvalue weighted by Gasteiger charge is -2.62. The van der Waals surface area contributed by atoms with Crippen molar-refractivity contribution in [3.05, 3.63) is 23.3 Å². The number of aryl methyl sites for hydroxylation is 1. The molecule has 23 heavy (non-hydrogen) atoms. The molecule has 2 nitrogen and oxygen atoms in total. The highest BCUT2D eigenvalue weighted by molar-refractivity contribution is 5.55. The molecule has 1 aliphatic heterocycles. The zero-order chi connectivity index (χ0) is 16.4. The maximum atomic E-state index is 10.7. The molecule has 0 bridgehead atoms. The lowest BCUT2D eigenvalue weighted by atomic mass is 9.45. The van der Waals surface area contributed by atoms with Crippen LogP contribution in [-0.2, 0) is 6.42 Å². The SMILES string of the molecule is CCCCCc1cc(O)c2c(c1)O[C@]1(C)CCC3[C@H]1[C@@H]2C3(C)C. The highest BCUT2D eigenvalue weighted by Crippen LogP contribution is 2.74. The molecule has 1 aromatic carbocycles. The highest BCUT2D eigenvalue weighted by Gasteiger charge is 2.69. The molecule has 2 fully saturated rings. The molecular weight excluding hydrogens is 284 g/mol. The van der Waals surface area contributed by atoms with E-state index >= 15 is 0 Å². The number of fused-ring (bicyclic) bond motifs is 2. The van der Waals surface area contributed by atoms with E-state index in [-0.39, 0.29) is 11.0 Å². The lowest BCUT2D eigenvalue weighted by Crippen LogP contribution is -2.59. The van der Waals surface area contributed by atoms with Crippen LogP contribution in [0.25, 0.3) is 0 Å². The molecule has 1 N–H and O–H groups in total. The van der Waals surface area contributed by atoms with E-state index in [0.717, 1.165) is 30.1 Å². The maximum absolute atomic E-state index is 10.7. The van der Waals surface area contributed by atoms with Gasteiger partial charge in [-0.15, -0.1) is 0 Å². The van der Waals surface area contributed by atoms with Crippen molar-refractivity contribution in [2.75, 3.05) is 0 Å². The van der Waals surface area contributed by atoms with E-state index in [4.69, 9.17) is 4.74 Å². The van der Waals surface area contributed by atoms with Crippen molar-refractivity contribution in [3.63, 3.8) is 0 Å². The Hall–Kier alpha value is -1.18. The van der Waals surface area contributed by atoms with Gasteiger partial charge in [0.1, 0.15) is 17.1 Å². The Morgan fingerprint density at radius 3 is 2.74 bits per heavy atom. The topological polar surface area (TPSA) is 29.5 Å². The fraction of sp³-hybridized carbons (Fsp3) is 0.714. The summed E-state index contributed by atoms with van der Waals surface area (Å²) in [6.07, 6.45) is 7.12. The van der Waals surface area contributed by atoms with E-state index in [9.17, 15) is 5.11 Å². The Balaban J connectivity index is 1.73. The van der Waals surface area contributed by atoms with Crippen molar-refractivity contribution < 1.29 is 9.84 Å². The summed E-state index contributed by atoms with van der Waals surface area (Å²) in [5, 5.41) is 10.7. The Bertz CT molecular complexity index is 633. The molecule has 0 radical (unpaired) electrons. The van der Waals surface area contributed by atoms with Gasteiger partial charge in [-0.1, -0.05) is 33.6 Å². The van der Waals surface area contributed by atoms with E-state index in [1.54, 1.807) is 0 Å². The van der Waals surface area contributed by atoms with Crippen molar-refractivity contribution in [1.82, 2.24) is 0 Å². The van der Waals surface area contributed by atoms with Crippen LogP contribution in [0, 0.1) is 17.3 Å². The lowest BCUT2D eigenvalue weighted by molar-refractivity contribution is -0.121. The fourth-order valence-electron chi connectivity index (χ4n) is 5.92. The summed E-state index contributed by atoms with van der Waals surface area (Å²) in [6.45, 7) is 9.29. The average Bonchev–Trinajstić information content (AvgIpc) is 2.81.